The van der Waals surface area contributed by atoms with Gasteiger partial charge in [-0.05, 0) is 0 Å². The van der Waals surface area contributed by atoms with Crippen LogP contribution in [0.1, 0.15) is 0 Å². The minimum Gasteiger partial charge on any atom is -0.402 e. The third-order valence-electron chi connectivity index (χ3n) is 1.09. The Hall–Kier alpha value is -1.17. The van der Waals surface area contributed by atoms with Gasteiger partial charge in [-0.2, -0.15) is 0 Å². The molecule has 0 radical (unpaired) electrons. The number of pyridine rings is 1. The summed E-state index contributed by atoms with van der Waals surface area (Å²) in [6.45, 7) is 0. The van der Waals surface area contributed by atoms with Gasteiger partial charge in [-0.3, -0.25) is 0 Å². The summed E-state index contributed by atoms with van der Waals surface area (Å²) >= 11 is 5.36. The van der Waals surface area contributed by atoms with Crippen LogP contribution >= 0.6 is 11.6 Å². The van der Waals surface area contributed by atoms with Gasteiger partial charge in [0.2, 0.25) is 0 Å². The summed E-state index contributed by atoms with van der Waals surface area (Å²) in [4.78, 5) is 3.38. The molecule has 0 aliphatic heterocycles. The van der Waals surface area contributed by atoms with Crippen LogP contribution in [0.15, 0.2) is 12.3 Å². The second-order valence-electron chi connectivity index (χ2n) is 2.09. The normalized spacial score (nSPS) is 11.4. The van der Waals surface area contributed by atoms with Gasteiger partial charge in [0.05, 0.1) is 11.9 Å². The Labute approximate surface area is 76.3 Å². The van der Waals surface area contributed by atoms with Crippen molar-refractivity contribution < 1.29 is 17.9 Å². The minimum atomic E-state index is -4.77. The van der Waals surface area contributed by atoms with Crippen molar-refractivity contribution in [3.63, 3.8) is 0 Å². The van der Waals surface area contributed by atoms with Gasteiger partial charge in [0, 0.05) is 6.07 Å². The molecule has 0 aliphatic rings. The molecular weight excluding hydrogens is 209 g/mol. The van der Waals surface area contributed by atoms with Crippen LogP contribution in [0, 0.1) is 0 Å². The first-order chi connectivity index (χ1) is 5.88. The maximum Gasteiger partial charge on any atom is 0.573 e. The van der Waals surface area contributed by atoms with E-state index < -0.39 is 12.1 Å². The molecule has 0 amide bonds. The van der Waals surface area contributed by atoms with Crippen molar-refractivity contribution in [2.24, 2.45) is 0 Å². The molecule has 13 heavy (non-hydrogen) atoms. The maximum atomic E-state index is 11.7. The zero-order valence-electron chi connectivity index (χ0n) is 6.10. The summed E-state index contributed by atoms with van der Waals surface area (Å²) in [6, 6.07) is 1.07. The van der Waals surface area contributed by atoms with Crippen LogP contribution in [-0.2, 0) is 0 Å². The second-order valence-corrected chi connectivity index (χ2v) is 2.48. The zero-order chi connectivity index (χ0) is 10.1. The van der Waals surface area contributed by atoms with Crippen LogP contribution < -0.4 is 10.5 Å². The smallest absolute Gasteiger partial charge is 0.402 e. The number of nitrogens with two attached hydrogens (primary N) is 1. The fraction of sp³-hybridized carbons (Fsp3) is 0.167. The third-order valence-corrected chi connectivity index (χ3v) is 1.30. The summed E-state index contributed by atoms with van der Waals surface area (Å²) in [5, 5.41) is 0.00650. The molecule has 3 nitrogen and oxygen atoms in total. The van der Waals surface area contributed by atoms with Gasteiger partial charge in [-0.1, -0.05) is 11.6 Å². The van der Waals surface area contributed by atoms with Gasteiger partial charge in [0.25, 0.3) is 0 Å². The quantitative estimate of drug-likeness (QED) is 0.726. The van der Waals surface area contributed by atoms with Gasteiger partial charge in [0.1, 0.15) is 5.15 Å². The van der Waals surface area contributed by atoms with Crippen LogP contribution in [0.25, 0.3) is 0 Å². The minimum absolute atomic E-state index is 0.00650. The zero-order valence-corrected chi connectivity index (χ0v) is 6.86. The number of nitrogens with zero attached hydrogens (tertiary/aromatic N) is 1. The standard InChI is InChI=1S/C6H4ClF3N2O/c7-5-1-3(11)4(2-12-5)13-6(8,9)10/h1-2H,(H2,11,12). The highest BCUT2D eigenvalue weighted by molar-refractivity contribution is 6.29. The highest BCUT2D eigenvalue weighted by Gasteiger charge is 2.32. The van der Waals surface area contributed by atoms with E-state index in [-0.39, 0.29) is 10.8 Å². The molecule has 1 aromatic heterocycles. The molecule has 2 N–H and O–H groups in total. The van der Waals surface area contributed by atoms with E-state index in [4.69, 9.17) is 17.3 Å². The molecule has 1 aromatic rings. The maximum absolute atomic E-state index is 11.7. The van der Waals surface area contributed by atoms with Crippen LogP contribution in [-0.4, -0.2) is 11.3 Å². The van der Waals surface area contributed by atoms with Gasteiger partial charge < -0.3 is 10.5 Å². The number of rotatable bonds is 1. The number of ether oxygens (including phenoxy) is 1. The number of hydrogen-bond donors (Lipinski definition) is 1. The van der Waals surface area contributed by atoms with E-state index in [0.717, 1.165) is 12.3 Å². The average Bonchev–Trinajstić information content (AvgIpc) is 1.93. The number of aromatic nitrogens is 1. The van der Waals surface area contributed by atoms with Crippen molar-refractivity contribution in [3.05, 3.63) is 17.4 Å². The summed E-state index contributed by atoms with van der Waals surface area (Å²) in [5.41, 5.74) is 4.97. The molecule has 0 aromatic carbocycles. The first-order valence-electron chi connectivity index (χ1n) is 3.05. The molecule has 0 aliphatic carbocycles. The van der Waals surface area contributed by atoms with Crippen molar-refractivity contribution in [3.8, 4) is 5.75 Å². The van der Waals surface area contributed by atoms with E-state index in [1.54, 1.807) is 0 Å². The Balaban J connectivity index is 2.90. The van der Waals surface area contributed by atoms with E-state index in [0.29, 0.717) is 0 Å². The SMILES string of the molecule is Nc1cc(Cl)ncc1OC(F)(F)F. The molecule has 0 bridgehead atoms. The number of halogens is 4. The van der Waals surface area contributed by atoms with Crippen molar-refractivity contribution in [2.75, 3.05) is 5.73 Å². The van der Waals surface area contributed by atoms with E-state index in [2.05, 4.69) is 9.72 Å². The molecule has 7 heteroatoms. The number of anilines is 1. The van der Waals surface area contributed by atoms with Gasteiger partial charge >= 0.3 is 6.36 Å². The lowest BCUT2D eigenvalue weighted by atomic mass is 10.4. The molecule has 0 saturated carbocycles. The summed E-state index contributed by atoms with van der Waals surface area (Å²) in [5.74, 6) is -0.558. The average molecular weight is 213 g/mol. The van der Waals surface area contributed by atoms with E-state index in [1.807, 2.05) is 0 Å². The molecule has 1 heterocycles. The van der Waals surface area contributed by atoms with Crippen LogP contribution in [0.3, 0.4) is 0 Å². The molecule has 1 rings (SSSR count). The lowest BCUT2D eigenvalue weighted by Crippen LogP contribution is -2.18. The molecule has 0 saturated heterocycles. The highest BCUT2D eigenvalue weighted by atomic mass is 35.5. The predicted octanol–water partition coefficient (Wildman–Crippen LogP) is 2.22. The lowest BCUT2D eigenvalue weighted by molar-refractivity contribution is -0.274. The van der Waals surface area contributed by atoms with Crippen molar-refractivity contribution in [1.82, 2.24) is 4.98 Å². The van der Waals surface area contributed by atoms with Crippen LogP contribution in [0.5, 0.6) is 5.75 Å². The lowest BCUT2D eigenvalue weighted by Gasteiger charge is -2.09. The molecule has 0 fully saturated rings. The second kappa shape index (κ2) is 3.29. The summed E-state index contributed by atoms with van der Waals surface area (Å²) < 4.78 is 38.6. The first-order valence-corrected chi connectivity index (χ1v) is 3.43. The Kier molecular flexibility index (Phi) is 2.51. The number of hydrogen-bond acceptors (Lipinski definition) is 3. The van der Waals surface area contributed by atoms with Gasteiger partial charge in [-0.15, -0.1) is 13.2 Å². The van der Waals surface area contributed by atoms with E-state index in [9.17, 15) is 13.2 Å². The fourth-order valence-corrected chi connectivity index (χ4v) is 0.808. The largest absolute Gasteiger partial charge is 0.573 e. The summed E-state index contributed by atoms with van der Waals surface area (Å²) in [6.07, 6.45) is -3.96. The van der Waals surface area contributed by atoms with Gasteiger partial charge in [0.15, 0.2) is 5.75 Å². The fourth-order valence-electron chi connectivity index (χ4n) is 0.641. The number of alkyl halides is 3. The molecule has 0 atom stereocenters. The Morgan fingerprint density at radius 2 is 2.08 bits per heavy atom. The van der Waals surface area contributed by atoms with Crippen LogP contribution in [0.4, 0.5) is 18.9 Å². The first kappa shape index (κ1) is 9.91. The monoisotopic (exact) mass is 212 g/mol. The molecule has 72 valence electrons. The Morgan fingerprint density at radius 3 is 2.54 bits per heavy atom. The predicted molar refractivity (Wildman–Crippen MR) is 40.3 cm³/mol. The molecule has 0 unspecified atom stereocenters. The van der Waals surface area contributed by atoms with Crippen molar-refractivity contribution in [2.45, 2.75) is 6.36 Å². The topological polar surface area (TPSA) is 48.1 Å². The molecular formula is C6H4ClF3N2O. The van der Waals surface area contributed by atoms with Crippen molar-refractivity contribution in [1.29, 1.82) is 0 Å². The summed E-state index contributed by atoms with van der Waals surface area (Å²) in [7, 11) is 0. The van der Waals surface area contributed by atoms with Crippen molar-refractivity contribution >= 4 is 17.3 Å². The van der Waals surface area contributed by atoms with E-state index in [1.165, 1.54) is 0 Å². The Morgan fingerprint density at radius 1 is 1.46 bits per heavy atom. The van der Waals surface area contributed by atoms with E-state index >= 15 is 0 Å². The molecule has 0 spiro atoms. The van der Waals surface area contributed by atoms with Gasteiger partial charge in [-0.25, -0.2) is 4.98 Å². The number of nitrogen functional groups attached to an aromatic ring is 1. The Bertz CT molecular complexity index is 315. The van der Waals surface area contributed by atoms with Crippen LogP contribution in [0.2, 0.25) is 5.15 Å². The highest BCUT2D eigenvalue weighted by Crippen LogP contribution is 2.28. The third kappa shape index (κ3) is 2.98.